The summed E-state index contributed by atoms with van der Waals surface area (Å²) in [7, 11) is -4.34. The molecule has 94 valence electrons. The van der Waals surface area contributed by atoms with Gasteiger partial charge in [-0.2, -0.15) is 0 Å². The van der Waals surface area contributed by atoms with Crippen LogP contribution in [0.5, 0.6) is 5.75 Å². The molecule has 2 aromatic carbocycles. The number of rotatable bonds is 5. The Kier molecular flexibility index (Phi) is 3.62. The van der Waals surface area contributed by atoms with Crippen molar-refractivity contribution < 1.29 is 28.3 Å². The number of carbonyl (C=O) groups is 1. The second-order valence-corrected chi connectivity index (χ2v) is 4.75. The zero-order chi connectivity index (χ0) is 13.0. The zero-order valence-electron chi connectivity index (χ0n) is 9.05. The molecule has 0 saturated heterocycles. The highest BCUT2D eigenvalue weighted by Gasteiger charge is 2.31. The van der Waals surface area contributed by atoms with E-state index in [2.05, 4.69) is 9.20 Å². The molecule has 6 nitrogen and oxygen atoms in total. The molecule has 1 unspecified atom stereocenters. The third-order valence-electron chi connectivity index (χ3n) is 2.23. The van der Waals surface area contributed by atoms with E-state index in [-0.39, 0.29) is 12.2 Å². The summed E-state index contributed by atoms with van der Waals surface area (Å²) in [6.07, 6.45) is 0. The molecule has 0 amide bonds. The maximum Gasteiger partial charge on any atom is 0.617 e. The van der Waals surface area contributed by atoms with Crippen molar-refractivity contribution >= 4 is 25.1 Å². The van der Waals surface area contributed by atoms with E-state index < -0.39 is 7.82 Å². The topological polar surface area (TPSA) is 82.1 Å². The van der Waals surface area contributed by atoms with Gasteiger partial charge in [0.15, 0.2) is 0 Å². The fraction of sp³-hybridized carbons (Fsp3) is 0. The SMILES string of the molecule is O=COP(=O)(OO)Oc1cccc2ccccc12. The molecule has 0 heterocycles. The van der Waals surface area contributed by atoms with Crippen LogP contribution in [0.4, 0.5) is 0 Å². The van der Waals surface area contributed by atoms with Crippen molar-refractivity contribution in [3.63, 3.8) is 0 Å². The Hall–Kier alpha value is -1.88. The Bertz CT molecular complexity index is 606. The molecule has 0 spiro atoms. The molecule has 2 aromatic rings. The van der Waals surface area contributed by atoms with Crippen molar-refractivity contribution in [3.05, 3.63) is 42.5 Å². The van der Waals surface area contributed by atoms with Crippen LogP contribution in [0.1, 0.15) is 0 Å². The predicted octanol–water partition coefficient (Wildman–Crippen LogP) is 2.99. The second kappa shape index (κ2) is 5.18. The molecule has 0 aliphatic carbocycles. The number of hydrogen-bond donors (Lipinski definition) is 1. The van der Waals surface area contributed by atoms with E-state index >= 15 is 0 Å². The maximum atomic E-state index is 11.6. The largest absolute Gasteiger partial charge is 0.617 e. The minimum Gasteiger partial charge on any atom is -0.393 e. The first kappa shape index (κ1) is 12.6. The van der Waals surface area contributed by atoms with Crippen LogP contribution in [0.2, 0.25) is 0 Å². The van der Waals surface area contributed by atoms with E-state index in [9.17, 15) is 9.36 Å². The third kappa shape index (κ3) is 2.51. The van der Waals surface area contributed by atoms with Crippen molar-refractivity contribution in [1.82, 2.24) is 0 Å². The van der Waals surface area contributed by atoms with Crippen LogP contribution in [0.3, 0.4) is 0 Å². The summed E-state index contributed by atoms with van der Waals surface area (Å²) in [5.41, 5.74) is 0. The van der Waals surface area contributed by atoms with Gasteiger partial charge in [0, 0.05) is 5.39 Å². The first-order chi connectivity index (χ1) is 8.68. The van der Waals surface area contributed by atoms with E-state index in [1.165, 1.54) is 6.07 Å². The van der Waals surface area contributed by atoms with Gasteiger partial charge in [-0.1, -0.05) is 36.4 Å². The Labute approximate surface area is 102 Å². The van der Waals surface area contributed by atoms with Crippen molar-refractivity contribution in [3.8, 4) is 5.75 Å². The average Bonchev–Trinajstić information content (AvgIpc) is 2.39. The van der Waals surface area contributed by atoms with Gasteiger partial charge >= 0.3 is 14.3 Å². The van der Waals surface area contributed by atoms with Gasteiger partial charge < -0.3 is 9.05 Å². The van der Waals surface area contributed by atoms with Gasteiger partial charge in [-0.25, -0.2) is 9.82 Å². The number of fused-ring (bicyclic) bond motifs is 1. The summed E-state index contributed by atoms with van der Waals surface area (Å²) in [6.45, 7) is -0.123. The minimum absolute atomic E-state index is 0.123. The Morgan fingerprint density at radius 2 is 1.83 bits per heavy atom. The van der Waals surface area contributed by atoms with E-state index in [0.29, 0.717) is 5.39 Å². The molecule has 0 aliphatic rings. The summed E-state index contributed by atoms with van der Waals surface area (Å²) >= 11 is 0. The molecular weight excluding hydrogens is 259 g/mol. The molecule has 0 bridgehead atoms. The summed E-state index contributed by atoms with van der Waals surface area (Å²) < 4.78 is 24.3. The number of benzene rings is 2. The minimum atomic E-state index is -4.34. The molecule has 1 atom stereocenters. The molecule has 0 aliphatic heterocycles. The number of hydrogen-bond acceptors (Lipinski definition) is 6. The molecule has 0 aromatic heterocycles. The van der Waals surface area contributed by atoms with Crippen LogP contribution in [-0.2, 0) is 18.6 Å². The number of phosphoric ester groups is 1. The van der Waals surface area contributed by atoms with E-state index in [1.807, 2.05) is 18.2 Å². The molecule has 0 radical (unpaired) electrons. The lowest BCUT2D eigenvalue weighted by Crippen LogP contribution is -1.99. The molecule has 7 heteroatoms. The van der Waals surface area contributed by atoms with Crippen LogP contribution in [-0.4, -0.2) is 11.7 Å². The molecule has 1 N–H and O–H groups in total. The van der Waals surface area contributed by atoms with Crippen molar-refractivity contribution in [1.29, 1.82) is 0 Å². The fourth-order valence-corrected chi connectivity index (χ4v) is 2.13. The van der Waals surface area contributed by atoms with Gasteiger partial charge in [0.05, 0.1) is 0 Å². The van der Waals surface area contributed by atoms with Gasteiger partial charge in [0.1, 0.15) is 5.75 Å². The standard InChI is InChI=1S/C11H9O6P/c12-8-15-18(14,17-13)16-11-7-3-5-9-4-1-2-6-10(9)11/h1-8,13H. The van der Waals surface area contributed by atoms with Gasteiger partial charge in [-0.3, -0.25) is 4.79 Å². The first-order valence-electron chi connectivity index (χ1n) is 4.91. The highest BCUT2D eigenvalue weighted by atomic mass is 31.2. The molecule has 0 saturated carbocycles. The Balaban J connectivity index is 2.43. The summed E-state index contributed by atoms with van der Waals surface area (Å²) in [5.74, 6) is 0.173. The lowest BCUT2D eigenvalue weighted by molar-refractivity contribution is -0.162. The van der Waals surface area contributed by atoms with Gasteiger partial charge in [-0.05, 0) is 11.5 Å². The lowest BCUT2D eigenvalue weighted by Gasteiger charge is -2.13. The fourth-order valence-electron chi connectivity index (χ4n) is 1.51. The summed E-state index contributed by atoms with van der Waals surface area (Å²) in [5, 5.41) is 9.96. The normalized spacial score (nSPS) is 13.8. The monoisotopic (exact) mass is 268 g/mol. The van der Waals surface area contributed by atoms with E-state index in [4.69, 9.17) is 9.78 Å². The Morgan fingerprint density at radius 1 is 1.11 bits per heavy atom. The lowest BCUT2D eigenvalue weighted by atomic mass is 10.1. The van der Waals surface area contributed by atoms with Gasteiger partial charge in [0.2, 0.25) is 0 Å². The first-order valence-corrected chi connectivity index (χ1v) is 6.37. The molecule has 2 rings (SSSR count). The predicted molar refractivity (Wildman–Crippen MR) is 63.0 cm³/mol. The van der Waals surface area contributed by atoms with Crippen LogP contribution >= 0.6 is 7.82 Å². The molecule has 0 fully saturated rings. The van der Waals surface area contributed by atoms with Crippen molar-refractivity contribution in [2.75, 3.05) is 0 Å². The van der Waals surface area contributed by atoms with Crippen molar-refractivity contribution in [2.45, 2.75) is 0 Å². The highest BCUT2D eigenvalue weighted by Crippen LogP contribution is 2.49. The maximum absolute atomic E-state index is 11.6. The van der Waals surface area contributed by atoms with Crippen LogP contribution < -0.4 is 4.52 Å². The third-order valence-corrected chi connectivity index (χ3v) is 3.20. The average molecular weight is 268 g/mol. The van der Waals surface area contributed by atoms with Crippen molar-refractivity contribution in [2.24, 2.45) is 0 Å². The summed E-state index contributed by atoms with van der Waals surface area (Å²) in [4.78, 5) is 10.2. The van der Waals surface area contributed by atoms with Crippen LogP contribution in [0.15, 0.2) is 42.5 Å². The Morgan fingerprint density at radius 3 is 2.56 bits per heavy atom. The highest BCUT2D eigenvalue weighted by molar-refractivity contribution is 7.49. The van der Waals surface area contributed by atoms with Crippen LogP contribution in [0, 0.1) is 0 Å². The number of phosphoric acid groups is 1. The quantitative estimate of drug-likeness (QED) is 0.388. The smallest absolute Gasteiger partial charge is 0.393 e. The zero-order valence-corrected chi connectivity index (χ0v) is 9.95. The van der Waals surface area contributed by atoms with Crippen LogP contribution in [0.25, 0.3) is 10.8 Å². The summed E-state index contributed by atoms with van der Waals surface area (Å²) in [6, 6.07) is 12.2. The van der Waals surface area contributed by atoms with E-state index in [1.54, 1.807) is 18.2 Å². The molecular formula is C11H9O6P. The second-order valence-electron chi connectivity index (χ2n) is 3.30. The van der Waals surface area contributed by atoms with Gasteiger partial charge in [0.25, 0.3) is 0 Å². The number of carbonyl (C=O) groups excluding carboxylic acids is 1. The van der Waals surface area contributed by atoms with Gasteiger partial charge in [-0.15, -0.1) is 4.67 Å². The molecule has 18 heavy (non-hydrogen) atoms. The van der Waals surface area contributed by atoms with E-state index in [0.717, 1.165) is 5.39 Å².